The lowest BCUT2D eigenvalue weighted by atomic mass is 10.0. The van der Waals surface area contributed by atoms with Crippen molar-refractivity contribution in [2.75, 3.05) is 23.3 Å². The maximum Gasteiger partial charge on any atom is 0.227 e. The molecule has 0 radical (unpaired) electrons. The number of hydrogen-bond donors (Lipinski definition) is 2. The molecular weight excluding hydrogens is 312 g/mol. The second-order valence-corrected chi connectivity index (χ2v) is 7.45. The molecule has 1 unspecified atom stereocenters. The van der Waals surface area contributed by atoms with E-state index in [2.05, 4.69) is 38.4 Å². The Labute approximate surface area is 149 Å². The van der Waals surface area contributed by atoms with Crippen LogP contribution in [0.1, 0.15) is 63.5 Å². The fourth-order valence-electron chi connectivity index (χ4n) is 4.21. The van der Waals surface area contributed by atoms with Crippen molar-refractivity contribution in [3.63, 3.8) is 0 Å². The minimum atomic E-state index is 0.643. The average Bonchev–Trinajstić information content (AvgIpc) is 3.37. The second-order valence-electron chi connectivity index (χ2n) is 7.45. The molecule has 3 heterocycles. The van der Waals surface area contributed by atoms with Gasteiger partial charge in [-0.25, -0.2) is 4.98 Å². The van der Waals surface area contributed by atoms with Crippen LogP contribution in [-0.2, 0) is 0 Å². The van der Waals surface area contributed by atoms with Crippen LogP contribution < -0.4 is 10.2 Å². The average molecular weight is 340 g/mol. The van der Waals surface area contributed by atoms with Gasteiger partial charge in [0.2, 0.25) is 5.95 Å². The summed E-state index contributed by atoms with van der Waals surface area (Å²) in [6.07, 6.45) is 10.8. The van der Waals surface area contributed by atoms with Crippen molar-refractivity contribution in [3.8, 4) is 0 Å². The largest absolute Gasteiger partial charge is 0.340 e. The van der Waals surface area contributed by atoms with Crippen molar-refractivity contribution >= 4 is 17.6 Å². The number of nitrogens with zero attached hydrogens (tertiary/aromatic N) is 4. The standard InChI is InChI=1S/C19H28N6/c1-2-5-14-9-11-25(13-14)19-20-10-8-17(22-19)21-18-12-16(23-24-18)15-6-3-4-7-15/h8,10,12,14-15H,2-7,9,11,13H2,1H3,(H2,20,21,22,23,24). The number of H-pyrrole nitrogens is 1. The molecule has 1 aliphatic heterocycles. The lowest BCUT2D eigenvalue weighted by Crippen LogP contribution is -2.22. The van der Waals surface area contributed by atoms with Gasteiger partial charge in [0.1, 0.15) is 5.82 Å². The molecule has 1 atom stereocenters. The monoisotopic (exact) mass is 340 g/mol. The first-order valence-electron chi connectivity index (χ1n) is 9.72. The zero-order valence-corrected chi connectivity index (χ0v) is 15.0. The Bertz CT molecular complexity index is 691. The van der Waals surface area contributed by atoms with E-state index < -0.39 is 0 Å². The molecule has 0 spiro atoms. The van der Waals surface area contributed by atoms with Gasteiger partial charge in [0.25, 0.3) is 0 Å². The molecule has 1 saturated carbocycles. The summed E-state index contributed by atoms with van der Waals surface area (Å²) in [4.78, 5) is 11.5. The van der Waals surface area contributed by atoms with E-state index in [1.54, 1.807) is 0 Å². The van der Waals surface area contributed by atoms with Crippen LogP contribution in [0.25, 0.3) is 0 Å². The summed E-state index contributed by atoms with van der Waals surface area (Å²) in [7, 11) is 0. The summed E-state index contributed by atoms with van der Waals surface area (Å²) in [5.74, 6) is 3.91. The summed E-state index contributed by atoms with van der Waals surface area (Å²) in [5.41, 5.74) is 1.25. The van der Waals surface area contributed by atoms with E-state index >= 15 is 0 Å². The topological polar surface area (TPSA) is 69.7 Å². The molecule has 1 aliphatic carbocycles. The summed E-state index contributed by atoms with van der Waals surface area (Å²) in [5, 5.41) is 10.9. The molecular formula is C19H28N6. The molecule has 0 amide bonds. The minimum Gasteiger partial charge on any atom is -0.340 e. The zero-order chi connectivity index (χ0) is 17.1. The second kappa shape index (κ2) is 7.42. The molecule has 2 aliphatic rings. The highest BCUT2D eigenvalue weighted by Gasteiger charge is 2.24. The quantitative estimate of drug-likeness (QED) is 0.823. The first-order valence-corrected chi connectivity index (χ1v) is 9.72. The SMILES string of the molecule is CCCC1CCN(c2nccc(Nc3cc(C4CCCC4)[nH]n3)n2)C1. The minimum absolute atomic E-state index is 0.643. The Morgan fingerprint density at radius 2 is 2.12 bits per heavy atom. The van der Waals surface area contributed by atoms with Crippen LogP contribution in [0.3, 0.4) is 0 Å². The van der Waals surface area contributed by atoms with Gasteiger partial charge in [-0.05, 0) is 37.7 Å². The van der Waals surface area contributed by atoms with Crippen LogP contribution in [0.4, 0.5) is 17.6 Å². The van der Waals surface area contributed by atoms with Crippen molar-refractivity contribution in [1.82, 2.24) is 20.2 Å². The van der Waals surface area contributed by atoms with E-state index in [1.165, 1.54) is 50.6 Å². The summed E-state index contributed by atoms with van der Waals surface area (Å²) >= 11 is 0. The molecule has 25 heavy (non-hydrogen) atoms. The predicted molar refractivity (Wildman–Crippen MR) is 100 cm³/mol. The molecule has 4 rings (SSSR count). The Kier molecular flexibility index (Phi) is 4.85. The number of rotatable bonds is 6. The Morgan fingerprint density at radius 1 is 1.24 bits per heavy atom. The van der Waals surface area contributed by atoms with Crippen molar-refractivity contribution < 1.29 is 0 Å². The molecule has 2 N–H and O–H groups in total. The molecule has 134 valence electrons. The van der Waals surface area contributed by atoms with Crippen LogP contribution >= 0.6 is 0 Å². The van der Waals surface area contributed by atoms with Crippen molar-refractivity contribution in [2.24, 2.45) is 5.92 Å². The number of nitrogens with one attached hydrogen (secondary N) is 2. The van der Waals surface area contributed by atoms with Crippen LogP contribution in [0.5, 0.6) is 0 Å². The Morgan fingerprint density at radius 3 is 2.96 bits per heavy atom. The summed E-state index contributed by atoms with van der Waals surface area (Å²) in [6.45, 7) is 4.39. The molecule has 6 nitrogen and oxygen atoms in total. The Balaban J connectivity index is 1.41. The Hall–Kier alpha value is -2.11. The van der Waals surface area contributed by atoms with Gasteiger partial charge in [-0.1, -0.05) is 26.2 Å². The third-order valence-corrected chi connectivity index (χ3v) is 5.56. The van der Waals surface area contributed by atoms with E-state index in [4.69, 9.17) is 4.98 Å². The van der Waals surface area contributed by atoms with Crippen molar-refractivity contribution in [1.29, 1.82) is 0 Å². The first-order chi connectivity index (χ1) is 12.3. The maximum absolute atomic E-state index is 4.70. The van der Waals surface area contributed by atoms with E-state index in [0.29, 0.717) is 5.92 Å². The van der Waals surface area contributed by atoms with E-state index in [9.17, 15) is 0 Å². The zero-order valence-electron chi connectivity index (χ0n) is 15.0. The van der Waals surface area contributed by atoms with Crippen LogP contribution in [0, 0.1) is 5.92 Å². The van der Waals surface area contributed by atoms with E-state index in [0.717, 1.165) is 36.6 Å². The van der Waals surface area contributed by atoms with Crippen LogP contribution in [0.2, 0.25) is 0 Å². The molecule has 0 bridgehead atoms. The highest BCUT2D eigenvalue weighted by atomic mass is 15.3. The number of hydrogen-bond acceptors (Lipinski definition) is 5. The molecule has 2 aromatic heterocycles. The normalized spacial score (nSPS) is 21.2. The summed E-state index contributed by atoms with van der Waals surface area (Å²) < 4.78 is 0. The fraction of sp³-hybridized carbons (Fsp3) is 0.632. The summed E-state index contributed by atoms with van der Waals surface area (Å²) in [6, 6.07) is 4.04. The van der Waals surface area contributed by atoms with Crippen LogP contribution in [-0.4, -0.2) is 33.3 Å². The number of aromatic amines is 1. The lowest BCUT2D eigenvalue weighted by Gasteiger charge is -2.16. The van der Waals surface area contributed by atoms with Gasteiger partial charge in [-0.3, -0.25) is 5.10 Å². The number of anilines is 3. The maximum atomic E-state index is 4.70. The number of aromatic nitrogens is 4. The molecule has 2 aromatic rings. The third-order valence-electron chi connectivity index (χ3n) is 5.56. The fourth-order valence-corrected chi connectivity index (χ4v) is 4.21. The van der Waals surface area contributed by atoms with Gasteiger partial charge < -0.3 is 10.2 Å². The van der Waals surface area contributed by atoms with Gasteiger partial charge in [-0.2, -0.15) is 10.1 Å². The third kappa shape index (κ3) is 3.78. The lowest BCUT2D eigenvalue weighted by molar-refractivity contribution is 0.529. The van der Waals surface area contributed by atoms with Crippen molar-refractivity contribution in [2.45, 2.75) is 57.8 Å². The smallest absolute Gasteiger partial charge is 0.227 e. The van der Waals surface area contributed by atoms with Gasteiger partial charge in [0, 0.05) is 37.0 Å². The molecule has 1 saturated heterocycles. The van der Waals surface area contributed by atoms with E-state index in [-0.39, 0.29) is 0 Å². The highest BCUT2D eigenvalue weighted by Crippen LogP contribution is 2.34. The van der Waals surface area contributed by atoms with Gasteiger partial charge in [0.15, 0.2) is 5.82 Å². The molecule has 2 fully saturated rings. The van der Waals surface area contributed by atoms with Crippen LogP contribution in [0.15, 0.2) is 18.3 Å². The highest BCUT2D eigenvalue weighted by molar-refractivity contribution is 5.53. The van der Waals surface area contributed by atoms with Gasteiger partial charge in [-0.15, -0.1) is 0 Å². The molecule has 6 heteroatoms. The van der Waals surface area contributed by atoms with Crippen molar-refractivity contribution in [3.05, 3.63) is 24.0 Å². The van der Waals surface area contributed by atoms with Gasteiger partial charge >= 0.3 is 0 Å². The van der Waals surface area contributed by atoms with Gasteiger partial charge in [0.05, 0.1) is 0 Å². The molecule has 0 aromatic carbocycles. The predicted octanol–water partition coefficient (Wildman–Crippen LogP) is 4.23. The first kappa shape index (κ1) is 16.4. The van der Waals surface area contributed by atoms with E-state index in [1.807, 2.05) is 12.3 Å².